The SMILES string of the molecule is NC(=O)c1cccc2c1c1c(C(=O)C(=O)O)cccc1n2CCC1CCCCC1. The van der Waals surface area contributed by atoms with E-state index in [0.29, 0.717) is 22.3 Å². The number of fused-ring (bicyclic) bond motifs is 3. The van der Waals surface area contributed by atoms with Gasteiger partial charge in [-0.25, -0.2) is 4.79 Å². The lowest BCUT2D eigenvalue weighted by molar-refractivity contribution is -0.131. The van der Waals surface area contributed by atoms with Gasteiger partial charge >= 0.3 is 5.97 Å². The van der Waals surface area contributed by atoms with E-state index in [1.54, 1.807) is 18.2 Å². The zero-order valence-electron chi connectivity index (χ0n) is 16.2. The van der Waals surface area contributed by atoms with Crippen LogP contribution in [0.2, 0.25) is 0 Å². The van der Waals surface area contributed by atoms with Crippen molar-refractivity contribution in [2.45, 2.75) is 45.1 Å². The molecule has 0 aliphatic heterocycles. The molecule has 3 N–H and O–H groups in total. The Morgan fingerprint density at radius 3 is 2.10 bits per heavy atom. The van der Waals surface area contributed by atoms with E-state index in [2.05, 4.69) is 4.57 Å². The Bertz CT molecular complexity index is 1120. The van der Waals surface area contributed by atoms with Crippen molar-refractivity contribution in [2.75, 3.05) is 0 Å². The second-order valence-electron chi connectivity index (χ2n) is 7.84. The van der Waals surface area contributed by atoms with Crippen molar-refractivity contribution in [3.63, 3.8) is 0 Å². The summed E-state index contributed by atoms with van der Waals surface area (Å²) in [7, 11) is 0. The number of carboxylic acids is 1. The van der Waals surface area contributed by atoms with Crippen LogP contribution in [0, 0.1) is 5.92 Å². The fourth-order valence-corrected chi connectivity index (χ4v) is 4.72. The highest BCUT2D eigenvalue weighted by molar-refractivity contribution is 6.43. The van der Waals surface area contributed by atoms with E-state index in [0.717, 1.165) is 24.0 Å². The Labute approximate surface area is 168 Å². The molecule has 6 heteroatoms. The largest absolute Gasteiger partial charge is 0.475 e. The van der Waals surface area contributed by atoms with Crippen LogP contribution in [0.25, 0.3) is 21.8 Å². The number of hydrogen-bond donors (Lipinski definition) is 2. The van der Waals surface area contributed by atoms with Crippen molar-refractivity contribution in [3.8, 4) is 0 Å². The van der Waals surface area contributed by atoms with Gasteiger partial charge in [0.15, 0.2) is 0 Å². The number of aliphatic carboxylic acids is 1. The normalized spacial score (nSPS) is 15.0. The van der Waals surface area contributed by atoms with Crippen LogP contribution in [0.1, 0.15) is 59.2 Å². The second-order valence-corrected chi connectivity index (χ2v) is 7.84. The molecule has 2 aromatic carbocycles. The van der Waals surface area contributed by atoms with Gasteiger partial charge in [0, 0.05) is 39.5 Å². The number of carbonyl (C=O) groups excluding carboxylic acids is 2. The minimum Gasteiger partial charge on any atom is -0.475 e. The van der Waals surface area contributed by atoms with Crippen LogP contribution in [0.5, 0.6) is 0 Å². The number of carbonyl (C=O) groups is 3. The molecule has 0 atom stereocenters. The lowest BCUT2D eigenvalue weighted by Gasteiger charge is -2.22. The van der Waals surface area contributed by atoms with E-state index in [-0.39, 0.29) is 5.56 Å². The zero-order valence-corrected chi connectivity index (χ0v) is 16.2. The van der Waals surface area contributed by atoms with E-state index >= 15 is 0 Å². The van der Waals surface area contributed by atoms with E-state index in [1.165, 1.54) is 38.2 Å². The van der Waals surface area contributed by atoms with Crippen molar-refractivity contribution >= 4 is 39.5 Å². The molecule has 1 aliphatic rings. The van der Waals surface area contributed by atoms with Gasteiger partial charge < -0.3 is 15.4 Å². The number of nitrogens with two attached hydrogens (primary N) is 1. The number of rotatable bonds is 6. The molecule has 3 aromatic rings. The molecule has 1 fully saturated rings. The molecule has 4 rings (SSSR count). The average molecular weight is 392 g/mol. The molecule has 0 bridgehead atoms. The molecule has 6 nitrogen and oxygen atoms in total. The molecule has 0 unspecified atom stereocenters. The summed E-state index contributed by atoms with van der Waals surface area (Å²) >= 11 is 0. The first kappa shape index (κ1) is 19.2. The van der Waals surface area contributed by atoms with Crippen molar-refractivity contribution in [3.05, 3.63) is 47.5 Å². The molecule has 29 heavy (non-hydrogen) atoms. The van der Waals surface area contributed by atoms with Crippen molar-refractivity contribution < 1.29 is 19.5 Å². The quantitative estimate of drug-likeness (QED) is 0.486. The third-order valence-corrected chi connectivity index (χ3v) is 6.11. The molecule has 0 spiro atoms. The number of aromatic nitrogens is 1. The van der Waals surface area contributed by atoms with E-state index in [9.17, 15) is 19.5 Å². The Morgan fingerprint density at radius 2 is 1.52 bits per heavy atom. The molecule has 1 aliphatic carbocycles. The first-order chi connectivity index (χ1) is 14.0. The topological polar surface area (TPSA) is 102 Å². The lowest BCUT2D eigenvalue weighted by atomic mass is 9.87. The first-order valence-electron chi connectivity index (χ1n) is 10.1. The molecule has 1 heterocycles. The maximum Gasteiger partial charge on any atom is 0.377 e. The van der Waals surface area contributed by atoms with Gasteiger partial charge in [-0.2, -0.15) is 0 Å². The fraction of sp³-hybridized carbons (Fsp3) is 0.348. The summed E-state index contributed by atoms with van der Waals surface area (Å²) in [6.45, 7) is 0.748. The van der Waals surface area contributed by atoms with Crippen LogP contribution < -0.4 is 5.73 Å². The van der Waals surface area contributed by atoms with Crippen LogP contribution in [-0.4, -0.2) is 27.3 Å². The highest BCUT2D eigenvalue weighted by Crippen LogP contribution is 2.35. The second kappa shape index (κ2) is 7.70. The number of Topliss-reactive ketones (excluding diaryl/α,β-unsaturated/α-hetero) is 1. The number of primary amides is 1. The molecule has 1 saturated carbocycles. The summed E-state index contributed by atoms with van der Waals surface area (Å²) < 4.78 is 2.10. The van der Waals surface area contributed by atoms with Gasteiger partial charge in [-0.05, 0) is 36.6 Å². The molecule has 1 amide bonds. The van der Waals surface area contributed by atoms with Gasteiger partial charge in [0.2, 0.25) is 5.91 Å². The maximum atomic E-state index is 12.4. The zero-order chi connectivity index (χ0) is 20.5. The average Bonchev–Trinajstić information content (AvgIpc) is 3.06. The number of ketones is 1. The van der Waals surface area contributed by atoms with Crippen LogP contribution in [0.3, 0.4) is 0 Å². The highest BCUT2D eigenvalue weighted by Gasteiger charge is 2.24. The van der Waals surface area contributed by atoms with Gasteiger partial charge in [0.05, 0.1) is 0 Å². The Morgan fingerprint density at radius 1 is 0.931 bits per heavy atom. The van der Waals surface area contributed by atoms with Crippen molar-refractivity contribution in [1.29, 1.82) is 0 Å². The molecule has 150 valence electrons. The van der Waals surface area contributed by atoms with Crippen molar-refractivity contribution in [2.24, 2.45) is 11.7 Å². The maximum absolute atomic E-state index is 12.4. The van der Waals surface area contributed by atoms with E-state index in [4.69, 9.17) is 5.73 Å². The van der Waals surface area contributed by atoms with Gasteiger partial charge in [0.1, 0.15) is 0 Å². The molecule has 0 saturated heterocycles. The Kier molecular flexibility index (Phi) is 5.09. The summed E-state index contributed by atoms with van der Waals surface area (Å²) in [4.78, 5) is 35.9. The predicted molar refractivity (Wildman–Crippen MR) is 111 cm³/mol. The van der Waals surface area contributed by atoms with Gasteiger partial charge in [-0.3, -0.25) is 9.59 Å². The third-order valence-electron chi connectivity index (χ3n) is 6.11. The minimum absolute atomic E-state index is 0.0881. The van der Waals surface area contributed by atoms with E-state index in [1.807, 2.05) is 12.1 Å². The summed E-state index contributed by atoms with van der Waals surface area (Å²) in [5, 5.41) is 10.3. The Hall–Kier alpha value is -3.15. The fourth-order valence-electron chi connectivity index (χ4n) is 4.72. The number of benzene rings is 2. The molecule has 0 radical (unpaired) electrons. The third kappa shape index (κ3) is 3.39. The van der Waals surface area contributed by atoms with Crippen molar-refractivity contribution in [1.82, 2.24) is 4.57 Å². The number of carboxylic acid groups (broad SMARTS) is 1. The first-order valence-corrected chi connectivity index (χ1v) is 10.1. The monoisotopic (exact) mass is 392 g/mol. The summed E-state index contributed by atoms with van der Waals surface area (Å²) in [5.41, 5.74) is 7.56. The summed E-state index contributed by atoms with van der Waals surface area (Å²) in [5.74, 6) is -2.43. The van der Waals surface area contributed by atoms with Gasteiger partial charge in [-0.15, -0.1) is 0 Å². The number of aryl methyl sites for hydroxylation is 1. The van der Waals surface area contributed by atoms with Gasteiger partial charge in [0.25, 0.3) is 5.78 Å². The number of hydrogen-bond acceptors (Lipinski definition) is 3. The van der Waals surface area contributed by atoms with Crippen LogP contribution in [0.4, 0.5) is 0 Å². The highest BCUT2D eigenvalue weighted by atomic mass is 16.4. The smallest absolute Gasteiger partial charge is 0.377 e. The number of nitrogens with zero attached hydrogens (tertiary/aromatic N) is 1. The Balaban J connectivity index is 1.93. The van der Waals surface area contributed by atoms with E-state index < -0.39 is 17.7 Å². The molecule has 1 aromatic heterocycles. The predicted octanol–water partition coefficient (Wildman–Crippen LogP) is 4.13. The standard InChI is InChI=1S/C23H24N2O4/c24-22(27)16-9-5-11-18-20(16)19-15(21(26)23(28)29)8-4-10-17(19)25(18)13-12-14-6-2-1-3-7-14/h4-5,8-11,14H,1-3,6-7,12-13H2,(H2,24,27)(H,28,29). The summed E-state index contributed by atoms with van der Waals surface area (Å²) in [6.07, 6.45) is 7.30. The van der Waals surface area contributed by atoms with Crippen LogP contribution in [0.15, 0.2) is 36.4 Å². The van der Waals surface area contributed by atoms with Gasteiger partial charge in [-0.1, -0.05) is 44.2 Å². The van der Waals surface area contributed by atoms with Crippen LogP contribution in [-0.2, 0) is 11.3 Å². The minimum atomic E-state index is -1.52. The van der Waals surface area contributed by atoms with Crippen LogP contribution >= 0.6 is 0 Å². The molecular weight excluding hydrogens is 368 g/mol. The molecular formula is C23H24N2O4. The number of amides is 1. The lowest BCUT2D eigenvalue weighted by Crippen LogP contribution is -2.14. The summed E-state index contributed by atoms with van der Waals surface area (Å²) in [6, 6.07) is 10.4.